The van der Waals surface area contributed by atoms with Crippen LogP contribution in [0.4, 0.5) is 0 Å². The number of hydrogen-bond acceptors (Lipinski definition) is 4. The zero-order chi connectivity index (χ0) is 11.4. The molecule has 0 aliphatic heterocycles. The molecular formula is C6H11K2NO6. The van der Waals surface area contributed by atoms with Crippen LogP contribution in [0.15, 0.2) is 0 Å². The minimum absolute atomic E-state index is 0. The fourth-order valence-corrected chi connectivity index (χ4v) is 0. The van der Waals surface area contributed by atoms with Gasteiger partial charge in [-0.2, -0.15) is 5.26 Å². The van der Waals surface area contributed by atoms with E-state index in [0.29, 0.717) is 0 Å². The summed E-state index contributed by atoms with van der Waals surface area (Å²) >= 11 is 0. The van der Waals surface area contributed by atoms with Gasteiger partial charge in [-0.3, -0.25) is 9.59 Å². The Balaban J connectivity index is -0.0000000159. The Morgan fingerprint density at radius 1 is 1.00 bits per heavy atom. The van der Waals surface area contributed by atoms with E-state index >= 15 is 0 Å². The summed E-state index contributed by atoms with van der Waals surface area (Å²) in [7, 11) is 0. The van der Waals surface area contributed by atoms with E-state index in [1.165, 1.54) is 0 Å². The number of nitriles is 1. The molecule has 0 radical (unpaired) electrons. The zero-order valence-corrected chi connectivity index (χ0v) is 15.3. The van der Waals surface area contributed by atoms with Crippen molar-refractivity contribution in [2.45, 2.75) is 13.8 Å². The van der Waals surface area contributed by atoms with Gasteiger partial charge in [0.05, 0.1) is 0 Å². The Bertz CT molecular complexity index is 213. The molecule has 0 aromatic heterocycles. The van der Waals surface area contributed by atoms with Crippen molar-refractivity contribution >= 4 is 17.9 Å². The topological polar surface area (TPSA) is 136 Å². The SMILES string of the molecule is CC(=O)O.CC(=O)O.N#CC(=O)O.[H-].[H-].[K+].[K+]. The summed E-state index contributed by atoms with van der Waals surface area (Å²) < 4.78 is 0. The maximum atomic E-state index is 9.01. The standard InChI is InChI=1S/C2HNO2.2C2H4O2.2K.2H/c3-1-2(4)5;2*1-2(3)4;;;;/h(H,4,5);2*1H3,(H,3,4);;;;/q;;;2*+1;2*-1. The van der Waals surface area contributed by atoms with Crippen LogP contribution in [0.3, 0.4) is 0 Å². The Hall–Kier alpha value is 1.17. The van der Waals surface area contributed by atoms with E-state index in [-0.39, 0.29) is 106 Å². The van der Waals surface area contributed by atoms with Crippen LogP contribution in [-0.4, -0.2) is 33.2 Å². The molecule has 3 N–H and O–H groups in total. The van der Waals surface area contributed by atoms with Crippen LogP contribution in [0.5, 0.6) is 0 Å². The van der Waals surface area contributed by atoms with E-state index in [2.05, 4.69) is 0 Å². The van der Waals surface area contributed by atoms with Crippen molar-refractivity contribution < 1.29 is 135 Å². The minimum atomic E-state index is -1.44. The molecule has 0 aromatic rings. The molecule has 0 aromatic carbocycles. The normalized spacial score (nSPS) is 5.13. The maximum Gasteiger partial charge on any atom is 1.00 e. The summed E-state index contributed by atoms with van der Waals surface area (Å²) in [4.78, 5) is 27.0. The number of hydrogen-bond donors (Lipinski definition) is 3. The third kappa shape index (κ3) is 262. The van der Waals surface area contributed by atoms with Gasteiger partial charge >= 0.3 is 109 Å². The van der Waals surface area contributed by atoms with Crippen molar-refractivity contribution in [2.75, 3.05) is 0 Å². The summed E-state index contributed by atoms with van der Waals surface area (Å²) in [5, 5.41) is 29.5. The van der Waals surface area contributed by atoms with Gasteiger partial charge in [-0.05, 0) is 0 Å². The van der Waals surface area contributed by atoms with Crippen molar-refractivity contribution in [3.8, 4) is 6.07 Å². The molecule has 0 unspecified atom stereocenters. The van der Waals surface area contributed by atoms with Crippen molar-refractivity contribution in [3.05, 3.63) is 0 Å². The predicted octanol–water partition coefficient (Wildman–Crippen LogP) is -5.99. The average molecular weight is 271 g/mol. The van der Waals surface area contributed by atoms with Crippen molar-refractivity contribution in [1.29, 1.82) is 5.26 Å². The fourth-order valence-electron chi connectivity index (χ4n) is 0. The van der Waals surface area contributed by atoms with Crippen LogP contribution in [0.1, 0.15) is 16.7 Å². The van der Waals surface area contributed by atoms with E-state index in [1.54, 1.807) is 0 Å². The summed E-state index contributed by atoms with van der Waals surface area (Å²) in [6, 6.07) is 0.944. The Kier molecular flexibility index (Phi) is 48.5. The van der Waals surface area contributed by atoms with Crippen LogP contribution in [0, 0.1) is 11.3 Å². The smallest absolute Gasteiger partial charge is 1.00 e. The van der Waals surface area contributed by atoms with Crippen molar-refractivity contribution in [1.82, 2.24) is 0 Å². The first-order chi connectivity index (χ1) is 5.73. The van der Waals surface area contributed by atoms with E-state index < -0.39 is 17.9 Å². The molecular weight excluding hydrogens is 260 g/mol. The Morgan fingerprint density at radius 3 is 1.07 bits per heavy atom. The first-order valence-corrected chi connectivity index (χ1v) is 2.76. The second kappa shape index (κ2) is 24.4. The Morgan fingerprint density at radius 2 is 1.07 bits per heavy atom. The number of nitrogens with zero attached hydrogens (tertiary/aromatic N) is 1. The average Bonchev–Trinajstić information content (AvgIpc) is 1.84. The molecule has 0 fully saturated rings. The molecule has 0 spiro atoms. The second-order valence-corrected chi connectivity index (χ2v) is 1.45. The van der Waals surface area contributed by atoms with Gasteiger partial charge in [0.1, 0.15) is 0 Å². The summed E-state index contributed by atoms with van der Waals surface area (Å²) in [6.45, 7) is 2.17. The van der Waals surface area contributed by atoms with E-state index in [1.807, 2.05) is 0 Å². The summed E-state index contributed by atoms with van der Waals surface area (Å²) in [5.41, 5.74) is 0. The van der Waals surface area contributed by atoms with Gasteiger partial charge in [0, 0.05) is 13.8 Å². The number of rotatable bonds is 0. The van der Waals surface area contributed by atoms with E-state index in [4.69, 9.17) is 35.0 Å². The molecule has 0 aliphatic carbocycles. The van der Waals surface area contributed by atoms with E-state index in [0.717, 1.165) is 19.9 Å². The molecule has 0 bridgehead atoms. The Labute approximate surface area is 175 Å². The monoisotopic (exact) mass is 271 g/mol. The maximum absolute atomic E-state index is 9.01. The quantitative estimate of drug-likeness (QED) is 0.227. The molecule has 0 heterocycles. The van der Waals surface area contributed by atoms with Crippen LogP contribution in [-0.2, 0) is 14.4 Å². The third-order valence-electron chi connectivity index (χ3n) is 0.0956. The van der Waals surface area contributed by atoms with Crippen LogP contribution in [0.25, 0.3) is 0 Å². The third-order valence-corrected chi connectivity index (χ3v) is 0.0956. The van der Waals surface area contributed by atoms with Gasteiger partial charge in [0.15, 0.2) is 6.07 Å². The van der Waals surface area contributed by atoms with Gasteiger partial charge < -0.3 is 18.2 Å². The number of carbonyl (C=O) groups is 3. The van der Waals surface area contributed by atoms with Gasteiger partial charge in [0.2, 0.25) is 0 Å². The first-order valence-electron chi connectivity index (χ1n) is 2.76. The van der Waals surface area contributed by atoms with Gasteiger partial charge in [0.25, 0.3) is 11.9 Å². The number of carboxylic acids is 3. The second-order valence-electron chi connectivity index (χ2n) is 1.45. The molecule has 0 aliphatic rings. The van der Waals surface area contributed by atoms with E-state index in [9.17, 15) is 0 Å². The van der Waals surface area contributed by atoms with Crippen molar-refractivity contribution in [2.24, 2.45) is 0 Å². The molecule has 0 atom stereocenters. The van der Waals surface area contributed by atoms with Crippen LogP contribution in [0.2, 0.25) is 0 Å². The number of aliphatic carboxylic acids is 3. The zero-order valence-electron chi connectivity index (χ0n) is 11.0. The molecule has 0 saturated heterocycles. The van der Waals surface area contributed by atoms with Crippen molar-refractivity contribution in [3.63, 3.8) is 0 Å². The predicted molar refractivity (Wildman–Crippen MR) is 42.1 cm³/mol. The van der Waals surface area contributed by atoms with Gasteiger partial charge in [-0.25, -0.2) is 4.79 Å². The first kappa shape index (κ1) is 29.8. The van der Waals surface area contributed by atoms with Crippen LogP contribution < -0.4 is 103 Å². The molecule has 78 valence electrons. The summed E-state index contributed by atoms with van der Waals surface area (Å²) in [5.74, 6) is -3.11. The summed E-state index contributed by atoms with van der Waals surface area (Å²) in [6.07, 6.45) is 0. The van der Waals surface area contributed by atoms with Crippen LogP contribution >= 0.6 is 0 Å². The van der Waals surface area contributed by atoms with Gasteiger partial charge in [-0.15, -0.1) is 0 Å². The molecule has 0 amide bonds. The van der Waals surface area contributed by atoms with Gasteiger partial charge in [-0.1, -0.05) is 0 Å². The largest absolute Gasteiger partial charge is 1.00 e. The molecule has 0 saturated carbocycles. The molecule has 7 nitrogen and oxygen atoms in total. The molecule has 9 heteroatoms. The number of carboxylic acid groups (broad SMARTS) is 3. The molecule has 15 heavy (non-hydrogen) atoms. The fraction of sp³-hybridized carbons (Fsp3) is 0.333. The molecule has 0 rings (SSSR count). The minimum Gasteiger partial charge on any atom is -1.00 e.